The van der Waals surface area contributed by atoms with Gasteiger partial charge in [0.2, 0.25) is 0 Å². The summed E-state index contributed by atoms with van der Waals surface area (Å²) < 4.78 is 18.9. The van der Waals surface area contributed by atoms with E-state index in [1.165, 1.54) is 6.07 Å². The Morgan fingerprint density at radius 2 is 1.96 bits per heavy atom. The van der Waals surface area contributed by atoms with Gasteiger partial charge in [-0.1, -0.05) is 12.1 Å². The van der Waals surface area contributed by atoms with E-state index in [0.29, 0.717) is 6.54 Å². The molecule has 0 aromatic heterocycles. The standard InChI is InChI=1S/C18H29FN4O.HI/c1-20-17(23(4)13-15-6-5-7-16(19)12-15)21-14-18(22(2)3)8-10-24-11-9-18;/h5-7,12H,8-11,13-14H2,1-4H3,(H,20,21);1H. The Bertz CT molecular complexity index is 562. The zero-order valence-electron chi connectivity index (χ0n) is 15.6. The molecule has 0 saturated carbocycles. The van der Waals surface area contributed by atoms with E-state index in [1.54, 1.807) is 19.2 Å². The summed E-state index contributed by atoms with van der Waals surface area (Å²) in [6.07, 6.45) is 2.00. The van der Waals surface area contributed by atoms with Crippen LogP contribution in [0.1, 0.15) is 18.4 Å². The van der Waals surface area contributed by atoms with Gasteiger partial charge in [0.1, 0.15) is 5.82 Å². The van der Waals surface area contributed by atoms with Gasteiger partial charge < -0.3 is 19.9 Å². The maximum Gasteiger partial charge on any atom is 0.193 e. The predicted molar refractivity (Wildman–Crippen MR) is 111 cm³/mol. The molecule has 0 spiro atoms. The van der Waals surface area contributed by atoms with Crippen LogP contribution in [0.3, 0.4) is 0 Å². The van der Waals surface area contributed by atoms with Crippen molar-refractivity contribution in [2.24, 2.45) is 4.99 Å². The number of ether oxygens (including phenoxy) is 1. The number of likely N-dealkylation sites (N-methyl/N-ethyl adjacent to an activating group) is 1. The van der Waals surface area contributed by atoms with Crippen LogP contribution in [0.5, 0.6) is 0 Å². The van der Waals surface area contributed by atoms with Crippen LogP contribution in [-0.2, 0) is 11.3 Å². The first kappa shape index (κ1) is 22.1. The summed E-state index contributed by atoms with van der Waals surface area (Å²) in [5.41, 5.74) is 1.00. The van der Waals surface area contributed by atoms with E-state index < -0.39 is 0 Å². The number of guanidine groups is 1. The lowest BCUT2D eigenvalue weighted by atomic mass is 9.88. The predicted octanol–water partition coefficient (Wildman–Crippen LogP) is 2.56. The highest BCUT2D eigenvalue weighted by molar-refractivity contribution is 14.0. The van der Waals surface area contributed by atoms with E-state index in [9.17, 15) is 4.39 Å². The Kier molecular flexibility index (Phi) is 9.09. The number of nitrogens with zero attached hydrogens (tertiary/aromatic N) is 3. The fourth-order valence-electron chi connectivity index (χ4n) is 3.15. The highest BCUT2D eigenvalue weighted by Crippen LogP contribution is 2.25. The quantitative estimate of drug-likeness (QED) is 0.413. The van der Waals surface area contributed by atoms with E-state index in [4.69, 9.17) is 4.74 Å². The summed E-state index contributed by atoms with van der Waals surface area (Å²) >= 11 is 0. The Hall–Kier alpha value is -0.930. The molecule has 1 aliphatic heterocycles. The molecule has 0 bridgehead atoms. The van der Waals surface area contributed by atoms with Crippen molar-refractivity contribution in [2.75, 3.05) is 47.9 Å². The molecule has 0 atom stereocenters. The van der Waals surface area contributed by atoms with Crippen LogP contribution in [0.25, 0.3) is 0 Å². The van der Waals surface area contributed by atoms with Gasteiger partial charge in [-0.2, -0.15) is 0 Å². The van der Waals surface area contributed by atoms with Gasteiger partial charge in [0.25, 0.3) is 0 Å². The van der Waals surface area contributed by atoms with E-state index in [2.05, 4.69) is 29.3 Å². The molecule has 0 radical (unpaired) electrons. The Morgan fingerprint density at radius 1 is 1.28 bits per heavy atom. The molecule has 0 unspecified atom stereocenters. The van der Waals surface area contributed by atoms with Crippen LogP contribution in [0.15, 0.2) is 29.3 Å². The van der Waals surface area contributed by atoms with Crippen molar-refractivity contribution in [3.63, 3.8) is 0 Å². The number of benzene rings is 1. The molecule has 142 valence electrons. The van der Waals surface area contributed by atoms with Gasteiger partial charge in [-0.15, -0.1) is 24.0 Å². The fourth-order valence-corrected chi connectivity index (χ4v) is 3.15. The third kappa shape index (κ3) is 6.07. The van der Waals surface area contributed by atoms with Crippen molar-refractivity contribution in [1.82, 2.24) is 15.1 Å². The molecule has 2 rings (SSSR count). The van der Waals surface area contributed by atoms with Gasteiger partial charge in [-0.3, -0.25) is 4.99 Å². The van der Waals surface area contributed by atoms with Crippen molar-refractivity contribution in [2.45, 2.75) is 24.9 Å². The summed E-state index contributed by atoms with van der Waals surface area (Å²) in [6.45, 7) is 2.99. The van der Waals surface area contributed by atoms with Crippen molar-refractivity contribution < 1.29 is 9.13 Å². The highest BCUT2D eigenvalue weighted by Gasteiger charge is 2.35. The second-order valence-electron chi connectivity index (χ2n) is 6.62. The van der Waals surface area contributed by atoms with Crippen molar-refractivity contribution in [1.29, 1.82) is 0 Å². The van der Waals surface area contributed by atoms with E-state index >= 15 is 0 Å². The van der Waals surface area contributed by atoms with E-state index in [-0.39, 0.29) is 35.3 Å². The molecule has 0 amide bonds. The third-order valence-electron chi connectivity index (χ3n) is 4.83. The van der Waals surface area contributed by atoms with Gasteiger partial charge in [0, 0.05) is 45.9 Å². The number of rotatable bonds is 5. The summed E-state index contributed by atoms with van der Waals surface area (Å²) in [5.74, 6) is 0.601. The average Bonchev–Trinajstić information content (AvgIpc) is 2.56. The minimum Gasteiger partial charge on any atom is -0.381 e. The molecule has 1 heterocycles. The van der Waals surface area contributed by atoms with Crippen LogP contribution in [0.4, 0.5) is 4.39 Å². The van der Waals surface area contributed by atoms with Crippen molar-refractivity contribution in [3.8, 4) is 0 Å². The summed E-state index contributed by atoms with van der Waals surface area (Å²) in [6, 6.07) is 6.68. The summed E-state index contributed by atoms with van der Waals surface area (Å²) in [4.78, 5) is 8.66. The smallest absolute Gasteiger partial charge is 0.193 e. The largest absolute Gasteiger partial charge is 0.381 e. The van der Waals surface area contributed by atoms with Gasteiger partial charge in [-0.05, 0) is 44.6 Å². The minimum absolute atomic E-state index is 0. The van der Waals surface area contributed by atoms with Crippen LogP contribution >= 0.6 is 24.0 Å². The van der Waals surface area contributed by atoms with Crippen molar-refractivity contribution in [3.05, 3.63) is 35.6 Å². The molecule has 1 aromatic carbocycles. The highest BCUT2D eigenvalue weighted by atomic mass is 127. The summed E-state index contributed by atoms with van der Waals surface area (Å²) in [7, 11) is 7.97. The zero-order valence-corrected chi connectivity index (χ0v) is 17.9. The van der Waals surface area contributed by atoms with Crippen LogP contribution in [-0.4, -0.2) is 69.2 Å². The third-order valence-corrected chi connectivity index (χ3v) is 4.83. The molecule has 1 N–H and O–H groups in total. The van der Waals surface area contributed by atoms with Gasteiger partial charge >= 0.3 is 0 Å². The molecule has 5 nitrogen and oxygen atoms in total. The van der Waals surface area contributed by atoms with Crippen LogP contribution < -0.4 is 5.32 Å². The second kappa shape index (κ2) is 10.3. The first-order valence-corrected chi connectivity index (χ1v) is 8.38. The van der Waals surface area contributed by atoms with E-state index in [0.717, 1.165) is 44.1 Å². The number of halogens is 2. The molecular formula is C18H30FIN4O. The van der Waals surface area contributed by atoms with Gasteiger partial charge in [0.05, 0.1) is 0 Å². The van der Waals surface area contributed by atoms with E-state index in [1.807, 2.05) is 18.0 Å². The normalized spacial score (nSPS) is 17.1. The Morgan fingerprint density at radius 3 is 2.52 bits per heavy atom. The van der Waals surface area contributed by atoms with Crippen molar-refractivity contribution >= 4 is 29.9 Å². The first-order valence-electron chi connectivity index (χ1n) is 8.38. The lowest BCUT2D eigenvalue weighted by molar-refractivity contribution is -0.00522. The van der Waals surface area contributed by atoms with Gasteiger partial charge in [0.15, 0.2) is 5.96 Å². The monoisotopic (exact) mass is 464 g/mol. The molecule has 1 saturated heterocycles. The zero-order chi connectivity index (χ0) is 17.6. The Balaban J connectivity index is 0.00000312. The molecule has 1 aliphatic rings. The Labute approximate surface area is 167 Å². The topological polar surface area (TPSA) is 40.1 Å². The lowest BCUT2D eigenvalue weighted by Crippen LogP contribution is -2.57. The lowest BCUT2D eigenvalue weighted by Gasteiger charge is -2.43. The number of nitrogens with one attached hydrogen (secondary N) is 1. The minimum atomic E-state index is -0.211. The first-order chi connectivity index (χ1) is 11.5. The fraction of sp³-hybridized carbons (Fsp3) is 0.611. The molecule has 1 aromatic rings. The molecule has 7 heteroatoms. The SMILES string of the molecule is CN=C(NCC1(N(C)C)CCOCC1)N(C)Cc1cccc(F)c1.I. The summed E-state index contributed by atoms with van der Waals surface area (Å²) in [5, 5.41) is 3.48. The number of hydrogen-bond donors (Lipinski definition) is 1. The number of aliphatic imine (C=N–C) groups is 1. The van der Waals surface area contributed by atoms with Gasteiger partial charge in [-0.25, -0.2) is 4.39 Å². The molecular weight excluding hydrogens is 434 g/mol. The molecule has 1 fully saturated rings. The molecule has 25 heavy (non-hydrogen) atoms. The van der Waals surface area contributed by atoms with Crippen LogP contribution in [0, 0.1) is 5.82 Å². The average molecular weight is 464 g/mol. The maximum absolute atomic E-state index is 13.3. The second-order valence-corrected chi connectivity index (χ2v) is 6.62. The maximum atomic E-state index is 13.3. The number of hydrogen-bond acceptors (Lipinski definition) is 3. The molecule has 0 aliphatic carbocycles. The van der Waals surface area contributed by atoms with Crippen LogP contribution in [0.2, 0.25) is 0 Å².